The van der Waals surface area contributed by atoms with Crippen LogP contribution in [0.2, 0.25) is 0 Å². The highest BCUT2D eigenvalue weighted by Gasteiger charge is 2.46. The van der Waals surface area contributed by atoms with E-state index in [0.717, 1.165) is 27.8 Å². The molecule has 1 N–H and O–H groups in total. The quantitative estimate of drug-likeness (QED) is 0.722. The highest BCUT2D eigenvalue weighted by Crippen LogP contribution is 2.44. The molecule has 1 saturated carbocycles. The van der Waals surface area contributed by atoms with Gasteiger partial charge >= 0.3 is 0 Å². The number of nitrogens with one attached hydrogen (secondary N) is 1. The molecule has 3 heterocycles. The van der Waals surface area contributed by atoms with E-state index in [9.17, 15) is 8.78 Å². The van der Waals surface area contributed by atoms with Crippen LogP contribution in [0.1, 0.15) is 24.1 Å². The zero-order valence-electron chi connectivity index (χ0n) is 14.3. The summed E-state index contributed by atoms with van der Waals surface area (Å²) < 4.78 is 30.0. The second-order valence-corrected chi connectivity index (χ2v) is 6.78. The lowest BCUT2D eigenvalue weighted by molar-refractivity contribution is -0.0375. The van der Waals surface area contributed by atoms with Gasteiger partial charge in [0.2, 0.25) is 0 Å². The van der Waals surface area contributed by atoms with Crippen LogP contribution in [-0.4, -0.2) is 20.5 Å². The lowest BCUT2D eigenvalue weighted by Gasteiger charge is -2.17. The van der Waals surface area contributed by atoms with Gasteiger partial charge in [0.05, 0.1) is 23.4 Å². The van der Waals surface area contributed by atoms with E-state index < -0.39 is 11.8 Å². The number of aromatic nitrogens is 3. The molecule has 0 bridgehead atoms. The maximum atomic E-state index is 14.2. The van der Waals surface area contributed by atoms with Gasteiger partial charge in [-0.05, 0) is 50.5 Å². The molecular weight excluding hydrogens is 322 g/mol. The Balaban J connectivity index is 1.69. The number of anilines is 2. The summed E-state index contributed by atoms with van der Waals surface area (Å²) >= 11 is 0. The van der Waals surface area contributed by atoms with E-state index in [0.29, 0.717) is 18.7 Å². The predicted molar refractivity (Wildman–Crippen MR) is 94.4 cm³/mol. The monoisotopic (exact) mass is 342 g/mol. The molecule has 0 saturated heterocycles. The number of hydrogen-bond acceptors (Lipinski definition) is 3. The molecule has 0 aromatic carbocycles. The summed E-state index contributed by atoms with van der Waals surface area (Å²) in [6.45, 7) is 3.64. The summed E-state index contributed by atoms with van der Waals surface area (Å²) in [7, 11) is 0. The Kier molecular flexibility index (Phi) is 3.71. The van der Waals surface area contributed by atoms with Crippen molar-refractivity contribution in [2.24, 2.45) is 5.92 Å². The van der Waals surface area contributed by atoms with Gasteiger partial charge in [-0.15, -0.1) is 0 Å². The second kappa shape index (κ2) is 5.79. The Hall–Kier alpha value is -2.50. The van der Waals surface area contributed by atoms with Gasteiger partial charge in [0.1, 0.15) is 5.82 Å². The first-order valence-electron chi connectivity index (χ1n) is 8.46. The second-order valence-electron chi connectivity index (χ2n) is 6.78. The fourth-order valence-corrected chi connectivity index (χ4v) is 3.22. The highest BCUT2D eigenvalue weighted by molar-refractivity contribution is 5.92. The largest absolute Gasteiger partial charge is 0.341 e. The van der Waals surface area contributed by atoms with Gasteiger partial charge in [0.15, 0.2) is 0 Å². The summed E-state index contributed by atoms with van der Waals surface area (Å²) in [6.07, 6.45) is 6.38. The lowest BCUT2D eigenvalue weighted by Crippen LogP contribution is -2.25. The van der Waals surface area contributed by atoms with Crippen molar-refractivity contribution in [1.82, 2.24) is 14.5 Å². The molecule has 0 radical (unpaired) electrons. The number of fused-ring (bicyclic) bond motifs is 1. The minimum Gasteiger partial charge on any atom is -0.341 e. The third kappa shape index (κ3) is 2.97. The van der Waals surface area contributed by atoms with E-state index in [1.165, 1.54) is 0 Å². The molecular formula is C19H20F2N4. The van der Waals surface area contributed by atoms with Crippen LogP contribution in [0.25, 0.3) is 10.9 Å². The van der Waals surface area contributed by atoms with Crippen LogP contribution in [0.4, 0.5) is 20.3 Å². The van der Waals surface area contributed by atoms with Gasteiger partial charge in [-0.2, -0.15) is 0 Å². The molecule has 1 aliphatic rings. The maximum Gasteiger partial charge on any atom is 0.268 e. The normalized spacial score (nSPS) is 14.9. The van der Waals surface area contributed by atoms with Crippen LogP contribution >= 0.6 is 0 Å². The van der Waals surface area contributed by atoms with Crippen LogP contribution in [-0.2, 0) is 6.54 Å². The molecule has 25 heavy (non-hydrogen) atoms. The molecule has 0 unspecified atom stereocenters. The molecule has 0 aliphatic heterocycles. The third-order valence-electron chi connectivity index (χ3n) is 4.85. The maximum absolute atomic E-state index is 14.2. The number of pyridine rings is 2. The standard InChI is InChI=1S/C19H20F2N4/c1-12-5-8-22-13(2)17(12)24-18-15-7-10-25(16(15)6-9-23-18)11-19(20,21)14-3-4-14/h5-10,14H,3-4,11H2,1-2H3,(H,23,24). The average Bonchev–Trinajstić information content (AvgIpc) is 3.35. The van der Waals surface area contributed by atoms with E-state index in [2.05, 4.69) is 15.3 Å². The molecule has 1 aliphatic carbocycles. The summed E-state index contributed by atoms with van der Waals surface area (Å²) in [4.78, 5) is 8.70. The van der Waals surface area contributed by atoms with Gasteiger partial charge in [-0.1, -0.05) is 0 Å². The molecule has 0 amide bonds. The van der Waals surface area contributed by atoms with Gasteiger partial charge in [-0.3, -0.25) is 4.98 Å². The van der Waals surface area contributed by atoms with E-state index in [-0.39, 0.29) is 6.54 Å². The van der Waals surface area contributed by atoms with Crippen molar-refractivity contribution in [3.8, 4) is 0 Å². The van der Waals surface area contributed by atoms with Crippen LogP contribution < -0.4 is 5.32 Å². The molecule has 0 spiro atoms. The van der Waals surface area contributed by atoms with E-state index in [1.807, 2.05) is 26.0 Å². The van der Waals surface area contributed by atoms with Crippen LogP contribution in [0.3, 0.4) is 0 Å². The number of hydrogen-bond donors (Lipinski definition) is 1. The Labute approximate surface area is 144 Å². The third-order valence-corrected chi connectivity index (χ3v) is 4.85. The molecule has 0 atom stereocenters. The molecule has 4 rings (SSSR count). The first-order valence-corrected chi connectivity index (χ1v) is 8.46. The Morgan fingerprint density at radius 2 is 1.92 bits per heavy atom. The molecule has 4 nitrogen and oxygen atoms in total. The zero-order valence-corrected chi connectivity index (χ0v) is 14.3. The van der Waals surface area contributed by atoms with Crippen molar-refractivity contribution in [2.75, 3.05) is 5.32 Å². The molecule has 130 valence electrons. The summed E-state index contributed by atoms with van der Waals surface area (Å²) in [5.41, 5.74) is 3.60. The summed E-state index contributed by atoms with van der Waals surface area (Å²) in [5.74, 6) is -2.46. The van der Waals surface area contributed by atoms with E-state index in [1.54, 1.807) is 29.2 Å². The van der Waals surface area contributed by atoms with Gasteiger partial charge in [0, 0.05) is 29.9 Å². The van der Waals surface area contributed by atoms with Crippen molar-refractivity contribution in [1.29, 1.82) is 0 Å². The number of alkyl halides is 2. The van der Waals surface area contributed by atoms with E-state index in [4.69, 9.17) is 0 Å². The first kappa shape index (κ1) is 16.0. The van der Waals surface area contributed by atoms with Crippen molar-refractivity contribution >= 4 is 22.4 Å². The molecule has 6 heteroatoms. The SMILES string of the molecule is Cc1ccnc(C)c1Nc1nccc2c1ccn2CC(F)(F)C1CC1. The molecule has 1 fully saturated rings. The minimum atomic E-state index is -2.65. The highest BCUT2D eigenvalue weighted by atomic mass is 19.3. The lowest BCUT2D eigenvalue weighted by atomic mass is 10.2. The Bertz CT molecular complexity index is 908. The van der Waals surface area contributed by atoms with Gasteiger partial charge in [-0.25, -0.2) is 13.8 Å². The summed E-state index contributed by atoms with van der Waals surface area (Å²) in [5, 5.41) is 4.15. The fourth-order valence-electron chi connectivity index (χ4n) is 3.22. The van der Waals surface area contributed by atoms with Gasteiger partial charge in [0.25, 0.3) is 5.92 Å². The number of aryl methyl sites for hydroxylation is 2. The van der Waals surface area contributed by atoms with Crippen molar-refractivity contribution in [3.05, 3.63) is 48.0 Å². The smallest absolute Gasteiger partial charge is 0.268 e. The first-order chi connectivity index (χ1) is 12.0. The number of rotatable bonds is 5. The zero-order chi connectivity index (χ0) is 17.6. The fraction of sp³-hybridized carbons (Fsp3) is 0.368. The topological polar surface area (TPSA) is 42.7 Å². The number of nitrogens with zero attached hydrogens (tertiary/aromatic N) is 3. The van der Waals surface area contributed by atoms with Crippen molar-refractivity contribution in [3.63, 3.8) is 0 Å². The van der Waals surface area contributed by atoms with Crippen LogP contribution in [0.5, 0.6) is 0 Å². The number of halogens is 2. The van der Waals surface area contributed by atoms with Crippen LogP contribution in [0.15, 0.2) is 36.8 Å². The van der Waals surface area contributed by atoms with E-state index >= 15 is 0 Å². The van der Waals surface area contributed by atoms with Crippen molar-refractivity contribution < 1.29 is 8.78 Å². The van der Waals surface area contributed by atoms with Gasteiger partial charge < -0.3 is 9.88 Å². The summed E-state index contributed by atoms with van der Waals surface area (Å²) in [6, 6.07) is 5.55. The minimum absolute atomic E-state index is 0.282. The Morgan fingerprint density at radius 3 is 2.64 bits per heavy atom. The average molecular weight is 342 g/mol. The van der Waals surface area contributed by atoms with Crippen LogP contribution in [0, 0.1) is 19.8 Å². The Morgan fingerprint density at radius 1 is 1.16 bits per heavy atom. The molecule has 3 aromatic heterocycles. The predicted octanol–water partition coefficient (Wildman–Crippen LogP) is 4.84. The molecule has 3 aromatic rings. The van der Waals surface area contributed by atoms with Crippen molar-refractivity contribution in [2.45, 2.75) is 39.2 Å².